The molecule has 2 bridgehead atoms. The number of hydrogen-bond acceptors (Lipinski definition) is 4. The zero-order valence-corrected chi connectivity index (χ0v) is 11.1. The number of piperidine rings is 1. The van der Waals surface area contributed by atoms with E-state index < -0.39 is 0 Å². The Morgan fingerprint density at radius 1 is 1.18 bits per heavy atom. The van der Waals surface area contributed by atoms with Gasteiger partial charge in [0.2, 0.25) is 0 Å². The van der Waals surface area contributed by atoms with Gasteiger partial charge in [-0.05, 0) is 31.8 Å². The summed E-state index contributed by atoms with van der Waals surface area (Å²) >= 11 is 0. The van der Waals surface area contributed by atoms with Gasteiger partial charge in [0.05, 0.1) is 25.4 Å². The minimum absolute atomic E-state index is 0. The first-order valence-corrected chi connectivity index (χ1v) is 6.56. The molecular formula is C12H23ClN2O2. The van der Waals surface area contributed by atoms with E-state index in [1.165, 1.54) is 32.5 Å². The van der Waals surface area contributed by atoms with Crippen molar-refractivity contribution in [2.75, 3.05) is 45.9 Å². The second-order valence-electron chi connectivity index (χ2n) is 5.35. The monoisotopic (exact) mass is 262 g/mol. The highest BCUT2D eigenvalue weighted by Crippen LogP contribution is 2.19. The van der Waals surface area contributed by atoms with Crippen LogP contribution in [0.25, 0.3) is 0 Å². The van der Waals surface area contributed by atoms with Crippen molar-refractivity contribution in [3.63, 3.8) is 0 Å². The fourth-order valence-electron chi connectivity index (χ4n) is 3.12. The van der Waals surface area contributed by atoms with Crippen LogP contribution in [-0.2, 0) is 9.47 Å². The number of nitrogens with zero attached hydrogens (tertiary/aromatic N) is 1. The Kier molecular flexibility index (Phi) is 5.06. The lowest BCUT2D eigenvalue weighted by atomic mass is 9.98. The molecule has 100 valence electrons. The number of hydrogen-bond donors (Lipinski definition) is 1. The zero-order chi connectivity index (χ0) is 10.8. The summed E-state index contributed by atoms with van der Waals surface area (Å²) in [6, 6.07) is 0. The largest absolute Gasteiger partial charge is 0.376 e. The van der Waals surface area contributed by atoms with Gasteiger partial charge in [0.15, 0.2) is 0 Å². The first-order chi connectivity index (χ1) is 7.90. The van der Waals surface area contributed by atoms with E-state index >= 15 is 0 Å². The Morgan fingerprint density at radius 3 is 2.59 bits per heavy atom. The lowest BCUT2D eigenvalue weighted by Gasteiger charge is -2.42. The molecule has 3 atom stereocenters. The summed E-state index contributed by atoms with van der Waals surface area (Å²) in [6.45, 7) is 7.34. The number of ether oxygens (including phenoxy) is 2. The highest BCUT2D eigenvalue weighted by Gasteiger charge is 2.32. The molecule has 0 aromatic carbocycles. The van der Waals surface area contributed by atoms with Crippen molar-refractivity contribution in [1.29, 1.82) is 0 Å². The molecule has 3 rings (SSSR count). The third kappa shape index (κ3) is 3.55. The van der Waals surface area contributed by atoms with E-state index in [1.807, 2.05) is 0 Å². The molecular weight excluding hydrogens is 240 g/mol. The lowest BCUT2D eigenvalue weighted by Crippen LogP contribution is -2.55. The second-order valence-corrected chi connectivity index (χ2v) is 5.35. The van der Waals surface area contributed by atoms with Crippen LogP contribution in [-0.4, -0.2) is 63.0 Å². The number of nitrogens with one attached hydrogen (secondary N) is 1. The number of rotatable bonds is 2. The average Bonchev–Trinajstić information content (AvgIpc) is 2.30. The normalized spacial score (nSPS) is 38.5. The zero-order valence-electron chi connectivity index (χ0n) is 10.3. The number of fused-ring (bicyclic) bond motifs is 2. The Bertz CT molecular complexity index is 225. The van der Waals surface area contributed by atoms with Crippen LogP contribution in [0.4, 0.5) is 0 Å². The van der Waals surface area contributed by atoms with Gasteiger partial charge in [0.1, 0.15) is 0 Å². The van der Waals surface area contributed by atoms with E-state index in [0.29, 0.717) is 12.2 Å². The lowest BCUT2D eigenvalue weighted by molar-refractivity contribution is -0.180. The van der Waals surface area contributed by atoms with Crippen molar-refractivity contribution in [1.82, 2.24) is 10.2 Å². The summed E-state index contributed by atoms with van der Waals surface area (Å²) in [7, 11) is 0. The van der Waals surface area contributed by atoms with Gasteiger partial charge in [-0.1, -0.05) is 0 Å². The third-order valence-corrected chi connectivity index (χ3v) is 3.83. The molecule has 3 unspecified atom stereocenters. The van der Waals surface area contributed by atoms with E-state index in [9.17, 15) is 0 Å². The fraction of sp³-hybridized carbons (Fsp3) is 1.00. The Morgan fingerprint density at radius 2 is 1.94 bits per heavy atom. The number of halogens is 1. The van der Waals surface area contributed by atoms with Gasteiger partial charge in [-0.3, -0.25) is 4.90 Å². The van der Waals surface area contributed by atoms with Crippen LogP contribution in [0.15, 0.2) is 0 Å². The van der Waals surface area contributed by atoms with Crippen molar-refractivity contribution < 1.29 is 9.47 Å². The fourth-order valence-corrected chi connectivity index (χ4v) is 3.12. The van der Waals surface area contributed by atoms with E-state index in [0.717, 1.165) is 32.2 Å². The molecule has 0 radical (unpaired) electrons. The molecule has 0 aliphatic carbocycles. The predicted molar refractivity (Wildman–Crippen MR) is 68.8 cm³/mol. The van der Waals surface area contributed by atoms with Gasteiger partial charge in [-0.2, -0.15) is 0 Å². The SMILES string of the molecule is C1CNCC(CN2CC3COCC(C2)O3)C1.Cl. The first-order valence-electron chi connectivity index (χ1n) is 6.56. The van der Waals surface area contributed by atoms with Gasteiger partial charge < -0.3 is 14.8 Å². The molecule has 0 saturated carbocycles. The van der Waals surface area contributed by atoms with Crippen molar-refractivity contribution in [2.24, 2.45) is 5.92 Å². The molecule has 3 heterocycles. The van der Waals surface area contributed by atoms with Gasteiger partial charge in [-0.15, -0.1) is 12.4 Å². The maximum Gasteiger partial charge on any atom is 0.0940 e. The van der Waals surface area contributed by atoms with Gasteiger partial charge in [-0.25, -0.2) is 0 Å². The summed E-state index contributed by atoms with van der Waals surface area (Å²) in [5.41, 5.74) is 0. The predicted octanol–water partition coefficient (Wildman–Crippen LogP) is 0.507. The molecule has 0 aromatic rings. The van der Waals surface area contributed by atoms with Crippen LogP contribution in [0.2, 0.25) is 0 Å². The van der Waals surface area contributed by atoms with Crippen LogP contribution < -0.4 is 5.32 Å². The molecule has 5 heteroatoms. The topological polar surface area (TPSA) is 33.7 Å². The molecule has 0 aromatic heterocycles. The quantitative estimate of drug-likeness (QED) is 0.786. The van der Waals surface area contributed by atoms with Crippen molar-refractivity contribution in [2.45, 2.75) is 25.0 Å². The van der Waals surface area contributed by atoms with E-state index in [1.54, 1.807) is 0 Å². The van der Waals surface area contributed by atoms with Gasteiger partial charge in [0, 0.05) is 19.6 Å². The smallest absolute Gasteiger partial charge is 0.0940 e. The van der Waals surface area contributed by atoms with Crippen LogP contribution in [0.1, 0.15) is 12.8 Å². The molecule has 17 heavy (non-hydrogen) atoms. The van der Waals surface area contributed by atoms with Crippen LogP contribution in [0.5, 0.6) is 0 Å². The molecule has 0 spiro atoms. The van der Waals surface area contributed by atoms with Crippen molar-refractivity contribution in [3.05, 3.63) is 0 Å². The molecule has 3 saturated heterocycles. The highest BCUT2D eigenvalue weighted by atomic mass is 35.5. The molecule has 3 aliphatic heterocycles. The van der Waals surface area contributed by atoms with Crippen molar-refractivity contribution >= 4 is 12.4 Å². The summed E-state index contributed by atoms with van der Waals surface area (Å²) in [5, 5.41) is 3.49. The maximum atomic E-state index is 5.86. The Balaban J connectivity index is 0.00000108. The van der Waals surface area contributed by atoms with E-state index in [4.69, 9.17) is 9.47 Å². The summed E-state index contributed by atoms with van der Waals surface area (Å²) < 4.78 is 11.4. The van der Waals surface area contributed by atoms with Gasteiger partial charge in [0.25, 0.3) is 0 Å². The van der Waals surface area contributed by atoms with Crippen molar-refractivity contribution in [3.8, 4) is 0 Å². The molecule has 4 nitrogen and oxygen atoms in total. The Hall–Kier alpha value is 0.130. The van der Waals surface area contributed by atoms with Crippen LogP contribution in [0, 0.1) is 5.92 Å². The minimum Gasteiger partial charge on any atom is -0.376 e. The number of morpholine rings is 1. The summed E-state index contributed by atoms with van der Waals surface area (Å²) in [6.07, 6.45) is 3.37. The first kappa shape index (κ1) is 13.6. The van der Waals surface area contributed by atoms with E-state index in [-0.39, 0.29) is 12.4 Å². The minimum atomic E-state index is 0. The van der Waals surface area contributed by atoms with Crippen LogP contribution >= 0.6 is 12.4 Å². The van der Waals surface area contributed by atoms with E-state index in [2.05, 4.69) is 10.2 Å². The average molecular weight is 263 g/mol. The molecule has 3 fully saturated rings. The maximum absolute atomic E-state index is 5.86. The standard InChI is InChI=1S/C12H22N2O2.ClH/c1-2-10(4-13-3-1)5-14-6-11-8-15-9-12(7-14)16-11;/h10-13H,1-9H2;1H. The summed E-state index contributed by atoms with van der Waals surface area (Å²) in [5.74, 6) is 0.841. The highest BCUT2D eigenvalue weighted by molar-refractivity contribution is 5.85. The Labute approximate surface area is 109 Å². The van der Waals surface area contributed by atoms with Gasteiger partial charge >= 0.3 is 0 Å². The second kappa shape index (κ2) is 6.34. The molecule has 1 N–H and O–H groups in total. The molecule has 3 aliphatic rings. The summed E-state index contributed by atoms with van der Waals surface area (Å²) in [4.78, 5) is 2.58. The molecule has 0 amide bonds. The van der Waals surface area contributed by atoms with Crippen LogP contribution in [0.3, 0.4) is 0 Å². The third-order valence-electron chi connectivity index (χ3n) is 3.83.